The van der Waals surface area contributed by atoms with Crippen LogP contribution in [0.3, 0.4) is 0 Å². The molecule has 0 bridgehead atoms. The summed E-state index contributed by atoms with van der Waals surface area (Å²) in [6.45, 7) is 3.36. The van der Waals surface area contributed by atoms with Crippen LogP contribution in [-0.4, -0.2) is 29.3 Å². The first-order valence-corrected chi connectivity index (χ1v) is 6.61. The second-order valence-corrected chi connectivity index (χ2v) is 4.54. The Kier molecular flexibility index (Phi) is 4.76. The molecule has 1 N–H and O–H groups in total. The molecule has 1 aromatic heterocycles. The maximum atomic E-state index is 11.0. The molecule has 0 aliphatic carbocycles. The van der Waals surface area contributed by atoms with Gasteiger partial charge < -0.3 is 14.6 Å². The molecule has 0 spiro atoms. The van der Waals surface area contributed by atoms with Gasteiger partial charge in [-0.1, -0.05) is 30.3 Å². The summed E-state index contributed by atoms with van der Waals surface area (Å²) in [6, 6.07) is 10.1. The molecule has 1 amide bonds. The molecule has 0 saturated carbocycles. The van der Waals surface area contributed by atoms with Crippen LogP contribution in [0.5, 0.6) is 0 Å². The van der Waals surface area contributed by atoms with Gasteiger partial charge in [-0.25, -0.2) is 9.78 Å². The summed E-state index contributed by atoms with van der Waals surface area (Å²) in [7, 11) is 1.36. The zero-order chi connectivity index (χ0) is 14.4. The molecule has 0 saturated heterocycles. The van der Waals surface area contributed by atoms with Crippen LogP contribution in [0.2, 0.25) is 0 Å². The molecule has 2 rings (SSSR count). The van der Waals surface area contributed by atoms with Crippen LogP contribution in [0, 0.1) is 6.92 Å². The Hall–Kier alpha value is -2.30. The van der Waals surface area contributed by atoms with Gasteiger partial charge in [-0.2, -0.15) is 0 Å². The third-order valence-electron chi connectivity index (χ3n) is 2.96. The van der Waals surface area contributed by atoms with E-state index in [1.807, 2.05) is 43.5 Å². The number of rotatable bonds is 5. The average molecular weight is 273 g/mol. The summed E-state index contributed by atoms with van der Waals surface area (Å²) in [6.07, 6.45) is 2.46. The quantitative estimate of drug-likeness (QED) is 0.852. The summed E-state index contributed by atoms with van der Waals surface area (Å²) in [5.74, 6) is 0.959. The minimum Gasteiger partial charge on any atom is -0.453 e. The number of nitrogens with zero attached hydrogens (tertiary/aromatic N) is 2. The topological polar surface area (TPSA) is 56.1 Å². The number of nitrogens with one attached hydrogen (secondary N) is 1. The molecule has 0 radical (unpaired) electrons. The fourth-order valence-corrected chi connectivity index (χ4v) is 2.05. The van der Waals surface area contributed by atoms with E-state index in [1.54, 1.807) is 0 Å². The highest BCUT2D eigenvalue weighted by Crippen LogP contribution is 2.18. The van der Waals surface area contributed by atoms with Crippen molar-refractivity contribution < 1.29 is 9.53 Å². The summed E-state index contributed by atoms with van der Waals surface area (Å²) < 4.78 is 6.65. The number of imidazole rings is 1. The van der Waals surface area contributed by atoms with Crippen molar-refractivity contribution in [3.8, 4) is 11.4 Å². The highest BCUT2D eigenvalue weighted by Gasteiger charge is 2.07. The molecule has 1 aromatic carbocycles. The lowest BCUT2D eigenvalue weighted by Crippen LogP contribution is -2.24. The smallest absolute Gasteiger partial charge is 0.406 e. The molecule has 0 aliphatic heterocycles. The first-order chi connectivity index (χ1) is 9.70. The lowest BCUT2D eigenvalue weighted by atomic mass is 10.2. The Morgan fingerprint density at radius 1 is 1.35 bits per heavy atom. The molecular weight excluding hydrogens is 254 g/mol. The molecule has 0 fully saturated rings. The highest BCUT2D eigenvalue weighted by atomic mass is 16.5. The Balaban J connectivity index is 2.00. The summed E-state index contributed by atoms with van der Waals surface area (Å²) >= 11 is 0. The van der Waals surface area contributed by atoms with Crippen LogP contribution < -0.4 is 5.32 Å². The molecular formula is C15H19N3O2. The van der Waals surface area contributed by atoms with E-state index >= 15 is 0 Å². The molecule has 5 heteroatoms. The number of amides is 1. The van der Waals surface area contributed by atoms with E-state index in [2.05, 4.69) is 19.6 Å². The minimum atomic E-state index is -0.393. The first-order valence-electron chi connectivity index (χ1n) is 6.61. The van der Waals surface area contributed by atoms with E-state index < -0.39 is 6.09 Å². The maximum Gasteiger partial charge on any atom is 0.406 e. The summed E-state index contributed by atoms with van der Waals surface area (Å²) in [5.41, 5.74) is 2.09. The van der Waals surface area contributed by atoms with Gasteiger partial charge in [-0.05, 0) is 13.3 Å². The van der Waals surface area contributed by atoms with Crippen LogP contribution in [0.25, 0.3) is 11.4 Å². The van der Waals surface area contributed by atoms with Crippen molar-refractivity contribution in [1.82, 2.24) is 14.9 Å². The number of ether oxygens (including phenoxy) is 1. The van der Waals surface area contributed by atoms with Gasteiger partial charge in [0.25, 0.3) is 0 Å². The Morgan fingerprint density at radius 2 is 2.10 bits per heavy atom. The Bertz CT molecular complexity index is 564. The molecule has 20 heavy (non-hydrogen) atoms. The number of carbonyl (C=O) groups excluding carboxylic acids is 1. The molecule has 2 aromatic rings. The zero-order valence-corrected chi connectivity index (χ0v) is 11.8. The Morgan fingerprint density at radius 3 is 2.80 bits per heavy atom. The number of hydrogen-bond donors (Lipinski definition) is 1. The number of benzene rings is 1. The van der Waals surface area contributed by atoms with Crippen molar-refractivity contribution >= 4 is 6.09 Å². The number of methoxy groups -OCH3 is 1. The third-order valence-corrected chi connectivity index (χ3v) is 2.96. The van der Waals surface area contributed by atoms with Gasteiger partial charge >= 0.3 is 6.09 Å². The van der Waals surface area contributed by atoms with E-state index in [9.17, 15) is 4.79 Å². The number of hydrogen-bond acceptors (Lipinski definition) is 3. The van der Waals surface area contributed by atoms with Gasteiger partial charge in [-0.15, -0.1) is 0 Å². The van der Waals surface area contributed by atoms with Gasteiger partial charge in [0.1, 0.15) is 5.82 Å². The standard InChI is InChI=1S/C15H19N3O2/c1-12-11-18(10-6-9-16-15(19)20-2)14(17-12)13-7-4-3-5-8-13/h3-5,7-8,11H,6,9-10H2,1-2H3,(H,16,19). The second kappa shape index (κ2) is 6.75. The van der Waals surface area contributed by atoms with Crippen LogP contribution in [0.1, 0.15) is 12.1 Å². The van der Waals surface area contributed by atoms with Crippen molar-refractivity contribution in [3.63, 3.8) is 0 Å². The van der Waals surface area contributed by atoms with Crippen molar-refractivity contribution in [1.29, 1.82) is 0 Å². The van der Waals surface area contributed by atoms with Gasteiger partial charge in [0.15, 0.2) is 0 Å². The highest BCUT2D eigenvalue weighted by molar-refractivity contribution is 5.66. The number of alkyl carbamates (subject to hydrolysis) is 1. The van der Waals surface area contributed by atoms with E-state index in [0.29, 0.717) is 6.54 Å². The predicted molar refractivity (Wildman–Crippen MR) is 77.4 cm³/mol. The molecule has 106 valence electrons. The second-order valence-electron chi connectivity index (χ2n) is 4.54. The maximum absolute atomic E-state index is 11.0. The van der Waals surface area contributed by atoms with Crippen LogP contribution >= 0.6 is 0 Å². The van der Waals surface area contributed by atoms with Crippen LogP contribution in [0.4, 0.5) is 4.79 Å². The molecule has 0 aliphatic rings. The van der Waals surface area contributed by atoms with Crippen LogP contribution in [-0.2, 0) is 11.3 Å². The summed E-state index contributed by atoms with van der Waals surface area (Å²) in [5, 5.41) is 2.67. The van der Waals surface area contributed by atoms with Crippen molar-refractivity contribution in [2.24, 2.45) is 0 Å². The summed E-state index contributed by atoms with van der Waals surface area (Å²) in [4.78, 5) is 15.5. The number of carbonyl (C=O) groups is 1. The average Bonchev–Trinajstić information content (AvgIpc) is 2.85. The van der Waals surface area contributed by atoms with E-state index in [-0.39, 0.29) is 0 Å². The predicted octanol–water partition coefficient (Wildman–Crippen LogP) is 2.60. The van der Waals surface area contributed by atoms with Crippen molar-refractivity contribution in [2.45, 2.75) is 19.9 Å². The monoisotopic (exact) mass is 273 g/mol. The van der Waals surface area contributed by atoms with Gasteiger partial charge in [0, 0.05) is 24.8 Å². The first kappa shape index (κ1) is 14.1. The van der Waals surface area contributed by atoms with Gasteiger partial charge in [0.05, 0.1) is 12.8 Å². The van der Waals surface area contributed by atoms with Crippen molar-refractivity contribution in [3.05, 3.63) is 42.2 Å². The van der Waals surface area contributed by atoms with Gasteiger partial charge in [0.2, 0.25) is 0 Å². The zero-order valence-electron chi connectivity index (χ0n) is 11.8. The van der Waals surface area contributed by atoms with E-state index in [1.165, 1.54) is 7.11 Å². The van der Waals surface area contributed by atoms with Crippen LogP contribution in [0.15, 0.2) is 36.5 Å². The largest absolute Gasteiger partial charge is 0.453 e. The fraction of sp³-hybridized carbons (Fsp3) is 0.333. The fourth-order valence-electron chi connectivity index (χ4n) is 2.05. The van der Waals surface area contributed by atoms with Gasteiger partial charge in [-0.3, -0.25) is 0 Å². The SMILES string of the molecule is COC(=O)NCCCn1cc(C)nc1-c1ccccc1. The lowest BCUT2D eigenvalue weighted by molar-refractivity contribution is 0.171. The van der Waals surface area contributed by atoms with Crippen molar-refractivity contribution in [2.75, 3.05) is 13.7 Å². The number of aryl methyl sites for hydroxylation is 2. The lowest BCUT2D eigenvalue weighted by Gasteiger charge is -2.08. The van der Waals surface area contributed by atoms with E-state index in [0.717, 1.165) is 30.0 Å². The Labute approximate surface area is 118 Å². The van der Waals surface area contributed by atoms with E-state index in [4.69, 9.17) is 0 Å². The number of aromatic nitrogens is 2. The molecule has 0 atom stereocenters. The third kappa shape index (κ3) is 3.60. The molecule has 5 nitrogen and oxygen atoms in total. The molecule has 1 heterocycles. The normalized spacial score (nSPS) is 10.3. The minimum absolute atomic E-state index is 0.393. The molecule has 0 unspecified atom stereocenters.